The summed E-state index contributed by atoms with van der Waals surface area (Å²) in [5.41, 5.74) is 5.44. The first kappa shape index (κ1) is 11.2. The van der Waals surface area contributed by atoms with Crippen molar-refractivity contribution in [1.29, 1.82) is 0 Å². The number of rotatable bonds is 3. The first-order chi connectivity index (χ1) is 5.92. The molecule has 1 heterocycles. The van der Waals surface area contributed by atoms with Crippen LogP contribution >= 0.6 is 27.3 Å². The molecule has 1 atom stereocenters. The zero-order valence-electron chi connectivity index (χ0n) is 7.03. The van der Waals surface area contributed by atoms with E-state index in [1.54, 1.807) is 19.1 Å². The number of halogens is 1. The van der Waals surface area contributed by atoms with Gasteiger partial charge in [0.05, 0.1) is 9.54 Å². The van der Waals surface area contributed by atoms with Crippen LogP contribution < -0.4 is 5.73 Å². The normalized spacial score (nSPS) is 14.4. The van der Waals surface area contributed by atoms with E-state index in [0.29, 0.717) is 4.21 Å². The molecule has 1 unspecified atom stereocenters. The molecule has 0 saturated carbocycles. The number of thiophene rings is 1. The van der Waals surface area contributed by atoms with Crippen LogP contribution in [0.4, 0.5) is 0 Å². The molecule has 74 valence electrons. The molecule has 2 N–H and O–H groups in total. The van der Waals surface area contributed by atoms with Crippen LogP contribution in [0.2, 0.25) is 0 Å². The van der Waals surface area contributed by atoms with Crippen molar-refractivity contribution in [3.05, 3.63) is 15.9 Å². The SMILES string of the molecule is CC(N)CS(=O)(=O)c1ccc(Br)s1. The van der Waals surface area contributed by atoms with E-state index in [0.717, 1.165) is 3.79 Å². The minimum Gasteiger partial charge on any atom is -0.327 e. The monoisotopic (exact) mass is 283 g/mol. The maximum Gasteiger partial charge on any atom is 0.189 e. The van der Waals surface area contributed by atoms with Crippen molar-refractivity contribution in [2.24, 2.45) is 5.73 Å². The summed E-state index contributed by atoms with van der Waals surface area (Å²) < 4.78 is 24.3. The molecule has 0 radical (unpaired) electrons. The standard InChI is InChI=1S/C7H10BrNO2S2/c1-5(9)4-13(10,11)7-3-2-6(8)12-7/h2-3,5H,4,9H2,1H3. The summed E-state index contributed by atoms with van der Waals surface area (Å²) in [7, 11) is -3.18. The first-order valence-electron chi connectivity index (χ1n) is 3.65. The maximum absolute atomic E-state index is 11.6. The summed E-state index contributed by atoms with van der Waals surface area (Å²) in [6.45, 7) is 1.68. The zero-order chi connectivity index (χ0) is 10.1. The van der Waals surface area contributed by atoms with Gasteiger partial charge in [0.2, 0.25) is 0 Å². The highest BCUT2D eigenvalue weighted by molar-refractivity contribution is 9.11. The maximum atomic E-state index is 11.6. The Morgan fingerprint density at radius 3 is 2.62 bits per heavy atom. The molecule has 0 aliphatic rings. The molecule has 0 aromatic carbocycles. The molecular formula is C7H10BrNO2S2. The largest absolute Gasteiger partial charge is 0.327 e. The topological polar surface area (TPSA) is 60.2 Å². The van der Waals surface area contributed by atoms with E-state index in [9.17, 15) is 8.42 Å². The van der Waals surface area contributed by atoms with Gasteiger partial charge in [-0.15, -0.1) is 11.3 Å². The van der Waals surface area contributed by atoms with Crippen molar-refractivity contribution < 1.29 is 8.42 Å². The van der Waals surface area contributed by atoms with Gasteiger partial charge in [-0.3, -0.25) is 0 Å². The highest BCUT2D eigenvalue weighted by Gasteiger charge is 2.18. The molecule has 1 rings (SSSR count). The molecule has 0 bridgehead atoms. The highest BCUT2D eigenvalue weighted by Crippen LogP contribution is 2.26. The third-order valence-electron chi connectivity index (χ3n) is 1.34. The van der Waals surface area contributed by atoms with Gasteiger partial charge in [0, 0.05) is 6.04 Å². The Hall–Kier alpha value is 0.0900. The zero-order valence-corrected chi connectivity index (χ0v) is 10.2. The van der Waals surface area contributed by atoms with Gasteiger partial charge in [0.15, 0.2) is 9.84 Å². The molecule has 0 aliphatic carbocycles. The van der Waals surface area contributed by atoms with E-state index >= 15 is 0 Å². The summed E-state index contributed by atoms with van der Waals surface area (Å²) >= 11 is 4.42. The van der Waals surface area contributed by atoms with Crippen molar-refractivity contribution in [2.75, 3.05) is 5.75 Å². The fourth-order valence-corrected chi connectivity index (χ4v) is 4.45. The summed E-state index contributed by atoms with van der Waals surface area (Å²) in [6.07, 6.45) is 0. The fourth-order valence-electron chi connectivity index (χ4n) is 0.893. The molecule has 0 aliphatic heterocycles. The predicted molar refractivity (Wildman–Crippen MR) is 57.7 cm³/mol. The second kappa shape index (κ2) is 4.08. The average molecular weight is 284 g/mol. The van der Waals surface area contributed by atoms with Gasteiger partial charge >= 0.3 is 0 Å². The van der Waals surface area contributed by atoms with Gasteiger partial charge < -0.3 is 5.73 Å². The predicted octanol–water partition coefficient (Wildman–Crippen LogP) is 1.63. The van der Waals surface area contributed by atoms with Crippen molar-refractivity contribution in [3.8, 4) is 0 Å². The van der Waals surface area contributed by atoms with E-state index in [1.807, 2.05) is 0 Å². The van der Waals surface area contributed by atoms with Crippen molar-refractivity contribution in [3.63, 3.8) is 0 Å². The molecule has 1 aromatic heterocycles. The molecule has 1 aromatic rings. The van der Waals surface area contributed by atoms with E-state index < -0.39 is 9.84 Å². The smallest absolute Gasteiger partial charge is 0.189 e. The molecule has 0 saturated heterocycles. The fraction of sp³-hybridized carbons (Fsp3) is 0.429. The van der Waals surface area contributed by atoms with Crippen LogP contribution in [0.1, 0.15) is 6.92 Å². The highest BCUT2D eigenvalue weighted by atomic mass is 79.9. The molecule has 13 heavy (non-hydrogen) atoms. The molecule has 3 nitrogen and oxygen atoms in total. The van der Waals surface area contributed by atoms with E-state index in [2.05, 4.69) is 15.9 Å². The molecule has 0 spiro atoms. The van der Waals surface area contributed by atoms with Crippen molar-refractivity contribution in [1.82, 2.24) is 0 Å². The van der Waals surface area contributed by atoms with Crippen LogP contribution in [0.5, 0.6) is 0 Å². The summed E-state index contributed by atoms with van der Waals surface area (Å²) in [4.78, 5) is 0. The van der Waals surface area contributed by atoms with Crippen LogP contribution in [0, 0.1) is 0 Å². The molecule has 6 heteroatoms. The minimum atomic E-state index is -3.18. The summed E-state index contributed by atoms with van der Waals surface area (Å²) in [5, 5.41) is 0. The Balaban J connectivity index is 2.95. The van der Waals surface area contributed by atoms with Gasteiger partial charge in [0.25, 0.3) is 0 Å². The lowest BCUT2D eigenvalue weighted by atomic mass is 10.4. The Morgan fingerprint density at radius 2 is 2.23 bits per heavy atom. The molecular weight excluding hydrogens is 274 g/mol. The van der Waals surface area contributed by atoms with E-state index in [-0.39, 0.29) is 11.8 Å². The lowest BCUT2D eigenvalue weighted by Crippen LogP contribution is -2.25. The summed E-state index contributed by atoms with van der Waals surface area (Å²) in [6, 6.07) is 2.98. The third kappa shape index (κ3) is 3.05. The van der Waals surface area contributed by atoms with Crippen LogP contribution in [0.25, 0.3) is 0 Å². The third-order valence-corrected chi connectivity index (χ3v) is 5.48. The van der Waals surface area contributed by atoms with Crippen LogP contribution in [0.3, 0.4) is 0 Å². The van der Waals surface area contributed by atoms with Gasteiger partial charge in [0.1, 0.15) is 4.21 Å². The Kier molecular flexibility index (Phi) is 3.50. The van der Waals surface area contributed by atoms with Crippen LogP contribution in [-0.4, -0.2) is 20.2 Å². The first-order valence-corrected chi connectivity index (χ1v) is 6.91. The van der Waals surface area contributed by atoms with Gasteiger partial charge in [-0.1, -0.05) is 0 Å². The van der Waals surface area contributed by atoms with E-state index in [4.69, 9.17) is 5.73 Å². The Morgan fingerprint density at radius 1 is 1.62 bits per heavy atom. The Bertz CT molecular complexity index is 383. The number of nitrogens with two attached hydrogens (primary N) is 1. The van der Waals surface area contributed by atoms with Crippen LogP contribution in [0.15, 0.2) is 20.1 Å². The van der Waals surface area contributed by atoms with E-state index in [1.165, 1.54) is 11.3 Å². The quantitative estimate of drug-likeness (QED) is 0.917. The molecule has 0 fully saturated rings. The van der Waals surface area contributed by atoms with Gasteiger partial charge in [-0.05, 0) is 35.0 Å². The van der Waals surface area contributed by atoms with Gasteiger partial charge in [-0.25, -0.2) is 8.42 Å². The summed E-state index contributed by atoms with van der Waals surface area (Å²) in [5.74, 6) is -0.0000463. The lowest BCUT2D eigenvalue weighted by molar-refractivity contribution is 0.592. The van der Waals surface area contributed by atoms with Crippen LogP contribution in [-0.2, 0) is 9.84 Å². The molecule has 0 amide bonds. The minimum absolute atomic E-state index is 0.0000463. The lowest BCUT2D eigenvalue weighted by Gasteiger charge is -2.03. The van der Waals surface area contributed by atoms with Gasteiger partial charge in [-0.2, -0.15) is 0 Å². The second-order valence-corrected chi connectivity index (χ2v) is 7.54. The number of hydrogen-bond donors (Lipinski definition) is 1. The van der Waals surface area contributed by atoms with Crippen molar-refractivity contribution >= 4 is 37.1 Å². The van der Waals surface area contributed by atoms with Crippen molar-refractivity contribution in [2.45, 2.75) is 17.2 Å². The second-order valence-electron chi connectivity index (χ2n) is 2.82. The number of sulfone groups is 1. The average Bonchev–Trinajstić information content (AvgIpc) is 2.32. The number of hydrogen-bond acceptors (Lipinski definition) is 4. The Labute approximate surface area is 90.0 Å².